The Bertz CT molecular complexity index is 376. The molecule has 0 saturated heterocycles. The first-order valence-corrected chi connectivity index (χ1v) is 9.49. The molecule has 0 heterocycles. The van der Waals surface area contributed by atoms with Crippen molar-refractivity contribution in [3.05, 3.63) is 0 Å². The van der Waals surface area contributed by atoms with Gasteiger partial charge >= 0.3 is 15.4 Å². The second kappa shape index (κ2) is 7.50. The molecule has 1 aliphatic carbocycles. The molecule has 20 heavy (non-hydrogen) atoms. The van der Waals surface area contributed by atoms with E-state index in [-0.39, 0.29) is 6.61 Å². The van der Waals surface area contributed by atoms with Gasteiger partial charge in [0.2, 0.25) is 0 Å². The summed E-state index contributed by atoms with van der Waals surface area (Å²) >= 11 is 0. The second-order valence-electron chi connectivity index (χ2n) is 4.73. The van der Waals surface area contributed by atoms with Gasteiger partial charge in [0.15, 0.2) is 0 Å². The number of hydrogen-bond acceptors (Lipinski definition) is 7. The Balaban J connectivity index is 2.95. The van der Waals surface area contributed by atoms with Crippen molar-refractivity contribution in [2.75, 3.05) is 35.0 Å². The molecular weight excluding hydrogens is 306 g/mol. The van der Waals surface area contributed by atoms with E-state index in [1.807, 2.05) is 0 Å². The summed E-state index contributed by atoms with van der Waals surface area (Å²) in [6.45, 7) is -0.0507. The van der Waals surface area contributed by atoms with E-state index in [2.05, 4.69) is 0 Å². The van der Waals surface area contributed by atoms with Crippen molar-refractivity contribution >= 4 is 15.4 Å². The molecule has 0 aromatic carbocycles. The fourth-order valence-electron chi connectivity index (χ4n) is 2.55. The highest BCUT2D eigenvalue weighted by molar-refractivity contribution is 7.55. The molecule has 0 radical (unpaired) electrons. The van der Waals surface area contributed by atoms with E-state index in [9.17, 15) is 9.13 Å². The van der Waals surface area contributed by atoms with Crippen LogP contribution >= 0.6 is 15.4 Å². The Morgan fingerprint density at radius 1 is 0.850 bits per heavy atom. The van der Waals surface area contributed by atoms with Crippen LogP contribution < -0.4 is 0 Å². The summed E-state index contributed by atoms with van der Waals surface area (Å²) in [6, 6.07) is 0. The molecular formula is C11H24O7P2. The fourth-order valence-corrected chi connectivity index (χ4v) is 5.43. The zero-order valence-electron chi connectivity index (χ0n) is 12.5. The molecule has 0 aromatic heterocycles. The van der Waals surface area contributed by atoms with Gasteiger partial charge in [-0.3, -0.25) is 18.1 Å². The Labute approximate surface area is 120 Å². The van der Waals surface area contributed by atoms with Gasteiger partial charge in [0.25, 0.3) is 0 Å². The third-order valence-electron chi connectivity index (χ3n) is 3.78. The molecule has 7 nitrogen and oxygen atoms in total. The van der Waals surface area contributed by atoms with Gasteiger partial charge in [-0.2, -0.15) is 0 Å². The smallest absolute Gasteiger partial charge is 0.311 e. The number of phosphoric acid groups is 1. The maximum Gasteiger partial charge on any atom is 0.474 e. The molecule has 1 fully saturated rings. The highest BCUT2D eigenvalue weighted by Gasteiger charge is 2.51. The van der Waals surface area contributed by atoms with Crippen LogP contribution in [-0.2, 0) is 31.7 Å². The van der Waals surface area contributed by atoms with Gasteiger partial charge < -0.3 is 9.05 Å². The highest BCUT2D eigenvalue weighted by atomic mass is 31.2. The van der Waals surface area contributed by atoms with Crippen LogP contribution in [0.2, 0.25) is 0 Å². The van der Waals surface area contributed by atoms with Gasteiger partial charge in [0, 0.05) is 28.4 Å². The van der Waals surface area contributed by atoms with Gasteiger partial charge in [0.05, 0.1) is 11.8 Å². The topological polar surface area (TPSA) is 80.3 Å². The van der Waals surface area contributed by atoms with Crippen molar-refractivity contribution in [1.29, 1.82) is 0 Å². The summed E-state index contributed by atoms with van der Waals surface area (Å²) in [5.41, 5.74) is 0. The zero-order valence-corrected chi connectivity index (χ0v) is 14.3. The van der Waals surface area contributed by atoms with Crippen molar-refractivity contribution in [3.63, 3.8) is 0 Å². The summed E-state index contributed by atoms with van der Waals surface area (Å²) in [5, 5.41) is -0.804. The van der Waals surface area contributed by atoms with E-state index in [4.69, 9.17) is 22.6 Å². The molecule has 0 aliphatic heterocycles. The minimum atomic E-state index is -3.61. The van der Waals surface area contributed by atoms with Crippen LogP contribution in [0.3, 0.4) is 0 Å². The molecule has 1 rings (SSSR count). The van der Waals surface area contributed by atoms with Crippen molar-refractivity contribution in [2.45, 2.75) is 37.3 Å². The van der Waals surface area contributed by atoms with Crippen molar-refractivity contribution < 1.29 is 31.7 Å². The molecule has 120 valence electrons. The number of phosphoric ester groups is 1. The first-order valence-electron chi connectivity index (χ1n) is 6.48. The second-order valence-corrected chi connectivity index (χ2v) is 9.29. The molecule has 0 spiro atoms. The average molecular weight is 330 g/mol. The van der Waals surface area contributed by atoms with Gasteiger partial charge in [0.1, 0.15) is 0 Å². The monoisotopic (exact) mass is 330 g/mol. The minimum Gasteiger partial charge on any atom is -0.311 e. The molecule has 9 heteroatoms. The summed E-state index contributed by atoms with van der Waals surface area (Å²) in [7, 11) is -1.78. The first-order chi connectivity index (χ1) is 9.41. The Kier molecular flexibility index (Phi) is 6.87. The van der Waals surface area contributed by atoms with Gasteiger partial charge in [-0.1, -0.05) is 19.3 Å². The molecule has 0 atom stereocenters. The average Bonchev–Trinajstić information content (AvgIpc) is 2.52. The normalized spacial score (nSPS) is 20.0. The van der Waals surface area contributed by atoms with Crippen molar-refractivity contribution in [1.82, 2.24) is 0 Å². The third kappa shape index (κ3) is 3.72. The summed E-state index contributed by atoms with van der Waals surface area (Å²) in [6.07, 6.45) is 4.09. The standard InChI is InChI=1S/C11H24O7P2/c1-14-19(12,15-2)11(8-6-5-7-9-11)10-18-20(13,16-3)17-4/h5-10H2,1-4H3. The quantitative estimate of drug-likeness (QED) is 0.629. The number of rotatable bonds is 8. The molecule has 1 saturated carbocycles. The summed E-state index contributed by atoms with van der Waals surface area (Å²) < 4.78 is 49.9. The lowest BCUT2D eigenvalue weighted by Gasteiger charge is -2.40. The Hall–Kier alpha value is 0.260. The van der Waals surface area contributed by atoms with Crippen LogP contribution in [-0.4, -0.2) is 40.2 Å². The third-order valence-corrected chi connectivity index (χ3v) is 7.82. The highest BCUT2D eigenvalue weighted by Crippen LogP contribution is 2.65. The zero-order chi connectivity index (χ0) is 15.3. The van der Waals surface area contributed by atoms with E-state index >= 15 is 0 Å². The maximum atomic E-state index is 12.8. The van der Waals surface area contributed by atoms with Crippen LogP contribution in [0.1, 0.15) is 32.1 Å². The Morgan fingerprint density at radius 3 is 1.75 bits per heavy atom. The number of hydrogen-bond donors (Lipinski definition) is 0. The van der Waals surface area contributed by atoms with Crippen LogP contribution in [0.15, 0.2) is 0 Å². The van der Waals surface area contributed by atoms with Crippen LogP contribution in [0.5, 0.6) is 0 Å². The van der Waals surface area contributed by atoms with E-state index in [0.717, 1.165) is 19.3 Å². The minimum absolute atomic E-state index is 0.0507. The van der Waals surface area contributed by atoms with Crippen molar-refractivity contribution in [2.24, 2.45) is 0 Å². The molecule has 1 aliphatic rings. The van der Waals surface area contributed by atoms with Crippen LogP contribution in [0.25, 0.3) is 0 Å². The maximum absolute atomic E-state index is 12.8. The van der Waals surface area contributed by atoms with Gasteiger partial charge in [-0.05, 0) is 12.8 Å². The molecule has 0 N–H and O–H groups in total. The van der Waals surface area contributed by atoms with E-state index < -0.39 is 20.6 Å². The first kappa shape index (κ1) is 18.3. The largest absolute Gasteiger partial charge is 0.474 e. The Morgan fingerprint density at radius 2 is 1.35 bits per heavy atom. The molecule has 0 bridgehead atoms. The fraction of sp³-hybridized carbons (Fsp3) is 1.00. The lowest BCUT2D eigenvalue weighted by molar-refractivity contribution is 0.115. The molecule has 0 unspecified atom stereocenters. The lowest BCUT2D eigenvalue weighted by atomic mass is 9.89. The van der Waals surface area contributed by atoms with Gasteiger partial charge in [-0.15, -0.1) is 0 Å². The molecule has 0 aromatic rings. The summed E-state index contributed by atoms with van der Waals surface area (Å²) in [5.74, 6) is 0. The summed E-state index contributed by atoms with van der Waals surface area (Å²) in [4.78, 5) is 0. The van der Waals surface area contributed by atoms with Crippen LogP contribution in [0, 0.1) is 0 Å². The predicted molar refractivity (Wildman–Crippen MR) is 75.0 cm³/mol. The SMILES string of the molecule is COP(=O)(OC)OCC1(P(=O)(OC)OC)CCCCC1. The van der Waals surface area contributed by atoms with E-state index in [1.165, 1.54) is 28.4 Å². The van der Waals surface area contributed by atoms with Crippen molar-refractivity contribution in [3.8, 4) is 0 Å². The lowest BCUT2D eigenvalue weighted by Crippen LogP contribution is -2.37. The van der Waals surface area contributed by atoms with E-state index in [0.29, 0.717) is 12.8 Å². The van der Waals surface area contributed by atoms with E-state index in [1.54, 1.807) is 0 Å². The predicted octanol–water partition coefficient (Wildman–Crippen LogP) is 3.59. The van der Waals surface area contributed by atoms with Gasteiger partial charge in [-0.25, -0.2) is 4.57 Å². The molecule has 0 amide bonds. The van der Waals surface area contributed by atoms with Crippen LogP contribution in [0.4, 0.5) is 0 Å².